The number of nitrogens with two attached hydrogens (primary N) is 1. The van der Waals surface area contributed by atoms with Crippen LogP contribution in [0.5, 0.6) is 5.75 Å². The molecule has 0 fully saturated rings. The summed E-state index contributed by atoms with van der Waals surface area (Å²) in [5, 5.41) is 1.98. The minimum atomic E-state index is -3.54. The number of nitrogen functional groups attached to an aromatic ring is 1. The monoisotopic (exact) mass is 326 g/mol. The third-order valence-corrected chi connectivity index (χ3v) is 5.96. The van der Waals surface area contributed by atoms with Crippen molar-refractivity contribution in [3.63, 3.8) is 0 Å². The summed E-state index contributed by atoms with van der Waals surface area (Å²) >= 11 is 1.62. The van der Waals surface area contributed by atoms with Gasteiger partial charge in [0.1, 0.15) is 5.75 Å². The van der Waals surface area contributed by atoms with Crippen LogP contribution in [0.2, 0.25) is 0 Å². The van der Waals surface area contributed by atoms with Crippen LogP contribution in [0, 0.1) is 0 Å². The minimum Gasteiger partial charge on any atom is -0.495 e. The van der Waals surface area contributed by atoms with Crippen LogP contribution in [0.25, 0.3) is 0 Å². The Kier molecular flexibility index (Phi) is 4.87. The minimum absolute atomic E-state index is 0.183. The Balaban J connectivity index is 2.16. The van der Waals surface area contributed by atoms with E-state index in [2.05, 4.69) is 0 Å². The highest BCUT2D eigenvalue weighted by Crippen LogP contribution is 2.26. The molecule has 0 aliphatic carbocycles. The van der Waals surface area contributed by atoms with Crippen molar-refractivity contribution < 1.29 is 13.2 Å². The number of hydrogen-bond donors (Lipinski definition) is 1. The smallest absolute Gasteiger partial charge is 0.242 e. The third-order valence-electron chi connectivity index (χ3n) is 3.17. The predicted molar refractivity (Wildman–Crippen MR) is 85.2 cm³/mol. The highest BCUT2D eigenvalue weighted by Gasteiger charge is 2.21. The normalized spacial score (nSPS) is 11.8. The number of methoxy groups -OCH3 is 1. The van der Waals surface area contributed by atoms with Crippen LogP contribution in [-0.4, -0.2) is 33.4 Å². The van der Waals surface area contributed by atoms with Gasteiger partial charge in [-0.25, -0.2) is 12.7 Å². The summed E-state index contributed by atoms with van der Waals surface area (Å²) < 4.78 is 31.4. The van der Waals surface area contributed by atoms with Crippen molar-refractivity contribution in [2.75, 3.05) is 26.4 Å². The van der Waals surface area contributed by atoms with Crippen molar-refractivity contribution in [2.45, 2.75) is 11.3 Å². The summed E-state index contributed by atoms with van der Waals surface area (Å²) in [4.78, 5) is 1.34. The van der Waals surface area contributed by atoms with Crippen LogP contribution in [-0.2, 0) is 16.4 Å². The van der Waals surface area contributed by atoms with E-state index in [9.17, 15) is 8.42 Å². The molecule has 2 aromatic rings. The number of anilines is 1. The number of sulfonamides is 1. The zero-order chi connectivity index (χ0) is 15.5. The molecule has 0 aliphatic heterocycles. The average molecular weight is 326 g/mol. The zero-order valence-corrected chi connectivity index (χ0v) is 13.6. The topological polar surface area (TPSA) is 72.6 Å². The van der Waals surface area contributed by atoms with Gasteiger partial charge < -0.3 is 10.5 Å². The van der Waals surface area contributed by atoms with Gasteiger partial charge in [0, 0.05) is 24.5 Å². The standard InChI is InChI=1S/C14H18N2O3S2/c1-16(8-7-11-4-3-9-20-11)21(17,18)12-5-6-13(15)14(10-12)19-2/h3-6,9-10H,7-8,15H2,1-2H3. The summed E-state index contributed by atoms with van der Waals surface area (Å²) in [5.74, 6) is 0.364. The maximum absolute atomic E-state index is 12.5. The van der Waals surface area contributed by atoms with E-state index in [4.69, 9.17) is 10.5 Å². The van der Waals surface area contributed by atoms with E-state index < -0.39 is 10.0 Å². The molecular formula is C14H18N2O3S2. The SMILES string of the molecule is COc1cc(S(=O)(=O)N(C)CCc2cccs2)ccc1N. The molecule has 1 aromatic heterocycles. The van der Waals surface area contributed by atoms with E-state index in [0.717, 1.165) is 4.88 Å². The first-order valence-electron chi connectivity index (χ1n) is 6.37. The van der Waals surface area contributed by atoms with Gasteiger partial charge in [-0.2, -0.15) is 0 Å². The quantitative estimate of drug-likeness (QED) is 0.826. The summed E-state index contributed by atoms with van der Waals surface area (Å²) in [5.41, 5.74) is 6.12. The first kappa shape index (κ1) is 15.8. The fourth-order valence-electron chi connectivity index (χ4n) is 1.87. The molecule has 1 aromatic carbocycles. The Morgan fingerprint density at radius 3 is 2.71 bits per heavy atom. The second kappa shape index (κ2) is 6.46. The molecule has 7 heteroatoms. The molecule has 0 amide bonds. The fraction of sp³-hybridized carbons (Fsp3) is 0.286. The molecule has 1 heterocycles. The lowest BCUT2D eigenvalue weighted by Gasteiger charge is -2.17. The van der Waals surface area contributed by atoms with E-state index >= 15 is 0 Å². The predicted octanol–water partition coefficient (Wildman–Crippen LogP) is 2.20. The maximum Gasteiger partial charge on any atom is 0.242 e. The van der Waals surface area contributed by atoms with Gasteiger partial charge in [0.15, 0.2) is 0 Å². The van der Waals surface area contributed by atoms with Gasteiger partial charge in [0.25, 0.3) is 0 Å². The molecule has 0 atom stereocenters. The van der Waals surface area contributed by atoms with Gasteiger partial charge in [0.2, 0.25) is 10.0 Å². The van der Waals surface area contributed by atoms with Gasteiger partial charge in [-0.3, -0.25) is 0 Å². The number of likely N-dealkylation sites (N-methyl/N-ethyl adjacent to an activating group) is 1. The number of rotatable bonds is 6. The fourth-order valence-corrected chi connectivity index (χ4v) is 3.76. The number of nitrogens with zero attached hydrogens (tertiary/aromatic N) is 1. The molecule has 0 saturated carbocycles. The third kappa shape index (κ3) is 3.55. The number of benzene rings is 1. The Hall–Kier alpha value is -1.57. The summed E-state index contributed by atoms with van der Waals surface area (Å²) in [6, 6.07) is 8.44. The first-order valence-corrected chi connectivity index (χ1v) is 8.69. The lowest BCUT2D eigenvalue weighted by molar-refractivity contribution is 0.415. The molecule has 2 N–H and O–H groups in total. The van der Waals surface area contributed by atoms with Crippen molar-refractivity contribution >= 4 is 27.0 Å². The number of ether oxygens (including phenoxy) is 1. The zero-order valence-electron chi connectivity index (χ0n) is 11.9. The van der Waals surface area contributed by atoms with Crippen molar-refractivity contribution in [2.24, 2.45) is 0 Å². The largest absolute Gasteiger partial charge is 0.495 e. The van der Waals surface area contributed by atoms with Crippen LogP contribution in [0.3, 0.4) is 0 Å². The van der Waals surface area contributed by atoms with Crippen molar-refractivity contribution in [1.29, 1.82) is 0 Å². The molecule has 0 unspecified atom stereocenters. The molecular weight excluding hydrogens is 308 g/mol. The Morgan fingerprint density at radius 2 is 2.10 bits per heavy atom. The van der Waals surface area contributed by atoms with Gasteiger partial charge in [0.05, 0.1) is 17.7 Å². The van der Waals surface area contributed by atoms with Crippen LogP contribution in [0.4, 0.5) is 5.69 Å². The van der Waals surface area contributed by atoms with Gasteiger partial charge in [-0.05, 0) is 30.0 Å². The molecule has 0 saturated heterocycles. The van der Waals surface area contributed by atoms with Crippen molar-refractivity contribution in [3.05, 3.63) is 40.6 Å². The second-order valence-corrected chi connectivity index (χ2v) is 7.64. The number of hydrogen-bond acceptors (Lipinski definition) is 5. The lowest BCUT2D eigenvalue weighted by atomic mass is 10.3. The lowest BCUT2D eigenvalue weighted by Crippen LogP contribution is -2.29. The average Bonchev–Trinajstić information content (AvgIpc) is 2.98. The first-order chi connectivity index (χ1) is 9.95. The van der Waals surface area contributed by atoms with Crippen LogP contribution in [0.15, 0.2) is 40.6 Å². The van der Waals surface area contributed by atoms with E-state index in [1.54, 1.807) is 24.5 Å². The molecule has 5 nitrogen and oxygen atoms in total. The van der Waals surface area contributed by atoms with E-state index in [-0.39, 0.29) is 4.90 Å². The highest BCUT2D eigenvalue weighted by atomic mass is 32.2. The van der Waals surface area contributed by atoms with Gasteiger partial charge in [-0.15, -0.1) is 11.3 Å². The van der Waals surface area contributed by atoms with Crippen molar-refractivity contribution in [3.8, 4) is 5.75 Å². The summed E-state index contributed by atoms with van der Waals surface area (Å²) in [6.07, 6.45) is 0.694. The van der Waals surface area contributed by atoms with Crippen molar-refractivity contribution in [1.82, 2.24) is 4.31 Å². The molecule has 0 bridgehead atoms. The van der Waals surface area contributed by atoms with Gasteiger partial charge >= 0.3 is 0 Å². The van der Waals surface area contributed by atoms with Gasteiger partial charge in [-0.1, -0.05) is 6.07 Å². The van der Waals surface area contributed by atoms with E-state index in [1.165, 1.54) is 23.5 Å². The molecule has 21 heavy (non-hydrogen) atoms. The number of thiophene rings is 1. The highest BCUT2D eigenvalue weighted by molar-refractivity contribution is 7.89. The summed E-state index contributed by atoms with van der Waals surface area (Å²) in [7, 11) is -0.503. The van der Waals surface area contributed by atoms with Crippen LogP contribution >= 0.6 is 11.3 Å². The summed E-state index contributed by atoms with van der Waals surface area (Å²) in [6.45, 7) is 0.426. The van der Waals surface area contributed by atoms with E-state index in [0.29, 0.717) is 24.4 Å². The molecule has 2 rings (SSSR count). The maximum atomic E-state index is 12.5. The molecule has 0 aliphatic rings. The van der Waals surface area contributed by atoms with Crippen LogP contribution < -0.4 is 10.5 Å². The Labute approximate surface area is 129 Å². The molecule has 0 radical (unpaired) electrons. The molecule has 114 valence electrons. The van der Waals surface area contributed by atoms with Crippen LogP contribution in [0.1, 0.15) is 4.88 Å². The Bertz CT molecular complexity index is 697. The van der Waals surface area contributed by atoms with E-state index in [1.807, 2.05) is 17.5 Å². The molecule has 0 spiro atoms. The Morgan fingerprint density at radius 1 is 1.33 bits per heavy atom. The second-order valence-electron chi connectivity index (χ2n) is 4.56.